The Bertz CT molecular complexity index is 813. The van der Waals surface area contributed by atoms with Gasteiger partial charge in [0.2, 0.25) is 0 Å². The average Bonchev–Trinajstić information content (AvgIpc) is 2.96. The van der Waals surface area contributed by atoms with E-state index in [4.69, 9.17) is 9.47 Å². The fraction of sp³-hybridized carbons (Fsp3) is 0.300. The second-order valence-electron chi connectivity index (χ2n) is 6.59. The molecule has 0 unspecified atom stereocenters. The van der Waals surface area contributed by atoms with Gasteiger partial charge < -0.3 is 9.47 Å². The predicted octanol–water partition coefficient (Wildman–Crippen LogP) is 3.73. The molecule has 2 aromatic carbocycles. The number of benzene rings is 2. The van der Waals surface area contributed by atoms with Gasteiger partial charge in [0, 0.05) is 17.5 Å². The summed E-state index contributed by atoms with van der Waals surface area (Å²) in [6.07, 6.45) is 0.668. The zero-order valence-corrected chi connectivity index (χ0v) is 14.9. The van der Waals surface area contributed by atoms with Gasteiger partial charge in [-0.1, -0.05) is 18.2 Å². The molecule has 0 N–H and O–H groups in total. The minimum absolute atomic E-state index is 0.0962. The van der Waals surface area contributed by atoms with Crippen molar-refractivity contribution in [3.63, 3.8) is 0 Å². The first-order chi connectivity index (χ1) is 12.0. The third kappa shape index (κ3) is 3.22. The van der Waals surface area contributed by atoms with Gasteiger partial charge in [-0.3, -0.25) is 4.79 Å². The topological polar surface area (TPSA) is 51.1 Å². The Hall–Kier alpha value is -2.82. The Balaban J connectivity index is 1.95. The van der Waals surface area contributed by atoms with Gasteiger partial charge in [-0.15, -0.1) is 0 Å². The summed E-state index contributed by atoms with van der Waals surface area (Å²) in [4.78, 5) is 12.8. The first-order valence-corrected chi connectivity index (χ1v) is 8.16. The van der Waals surface area contributed by atoms with Crippen LogP contribution in [0.4, 0.5) is 0 Å². The van der Waals surface area contributed by atoms with Crippen LogP contribution in [-0.2, 0) is 0 Å². The smallest absolute Gasteiger partial charge is 0.274 e. The summed E-state index contributed by atoms with van der Waals surface area (Å²) in [6.45, 7) is 4.04. The van der Waals surface area contributed by atoms with Crippen molar-refractivity contribution in [3.8, 4) is 11.5 Å². The van der Waals surface area contributed by atoms with Gasteiger partial charge >= 0.3 is 0 Å². The molecule has 0 spiro atoms. The lowest BCUT2D eigenvalue weighted by Crippen LogP contribution is -2.40. The summed E-state index contributed by atoms with van der Waals surface area (Å²) >= 11 is 0. The van der Waals surface area contributed by atoms with Crippen molar-refractivity contribution in [2.75, 3.05) is 14.2 Å². The molecule has 0 aliphatic carbocycles. The zero-order chi connectivity index (χ0) is 18.0. The minimum Gasteiger partial charge on any atom is -0.493 e. The summed E-state index contributed by atoms with van der Waals surface area (Å²) in [7, 11) is 3.21. The standard InChI is InChI=1S/C20H22N2O3/c1-20(2)13-16(15-10-11-17(24-3)18(12-15)25-4)21-22(20)19(23)14-8-6-5-7-9-14/h5-12H,13H2,1-4H3. The van der Waals surface area contributed by atoms with Crippen molar-refractivity contribution in [1.82, 2.24) is 5.01 Å². The summed E-state index contributed by atoms with van der Waals surface area (Å²) < 4.78 is 10.7. The van der Waals surface area contributed by atoms with Gasteiger partial charge in [-0.2, -0.15) is 5.10 Å². The van der Waals surface area contributed by atoms with Crippen LogP contribution >= 0.6 is 0 Å². The Labute approximate surface area is 147 Å². The number of rotatable bonds is 4. The maximum absolute atomic E-state index is 12.8. The van der Waals surface area contributed by atoms with Crippen molar-refractivity contribution in [3.05, 3.63) is 59.7 Å². The van der Waals surface area contributed by atoms with Crippen molar-refractivity contribution in [1.29, 1.82) is 0 Å². The van der Waals surface area contributed by atoms with Crippen LogP contribution < -0.4 is 9.47 Å². The van der Waals surface area contributed by atoms with Gasteiger partial charge in [0.1, 0.15) is 0 Å². The summed E-state index contributed by atoms with van der Waals surface area (Å²) in [5.74, 6) is 1.22. The van der Waals surface area contributed by atoms with Crippen LogP contribution in [0.5, 0.6) is 11.5 Å². The van der Waals surface area contributed by atoms with Crippen LogP contribution in [0.3, 0.4) is 0 Å². The Morgan fingerprint density at radius 3 is 2.36 bits per heavy atom. The number of hydrazone groups is 1. The summed E-state index contributed by atoms with van der Waals surface area (Å²) in [6, 6.07) is 14.9. The van der Waals surface area contributed by atoms with E-state index in [1.54, 1.807) is 19.2 Å². The minimum atomic E-state index is -0.393. The van der Waals surface area contributed by atoms with E-state index in [0.717, 1.165) is 11.3 Å². The summed E-state index contributed by atoms with van der Waals surface area (Å²) in [5, 5.41) is 6.20. The molecule has 1 aliphatic heterocycles. The average molecular weight is 338 g/mol. The SMILES string of the molecule is COc1ccc(C2=NN(C(=O)c3ccccc3)C(C)(C)C2)cc1OC. The zero-order valence-electron chi connectivity index (χ0n) is 14.9. The lowest BCUT2D eigenvalue weighted by atomic mass is 9.94. The highest BCUT2D eigenvalue weighted by molar-refractivity contribution is 6.05. The van der Waals surface area contributed by atoms with Gasteiger partial charge in [0.25, 0.3) is 5.91 Å². The number of carbonyl (C=O) groups excluding carboxylic acids is 1. The fourth-order valence-electron chi connectivity index (χ4n) is 2.97. The Morgan fingerprint density at radius 2 is 1.72 bits per heavy atom. The molecule has 1 heterocycles. The lowest BCUT2D eigenvalue weighted by Gasteiger charge is -2.28. The van der Waals surface area contributed by atoms with Crippen LogP contribution in [0.25, 0.3) is 0 Å². The van der Waals surface area contributed by atoms with E-state index in [2.05, 4.69) is 5.10 Å². The Morgan fingerprint density at radius 1 is 1.04 bits per heavy atom. The molecular formula is C20H22N2O3. The molecular weight excluding hydrogens is 316 g/mol. The van der Waals surface area contributed by atoms with Crippen LogP contribution in [0.15, 0.2) is 53.6 Å². The molecule has 0 bridgehead atoms. The molecule has 25 heavy (non-hydrogen) atoms. The Kier molecular flexibility index (Phi) is 4.49. The fourth-order valence-corrected chi connectivity index (χ4v) is 2.97. The highest BCUT2D eigenvalue weighted by atomic mass is 16.5. The van der Waals surface area contributed by atoms with Gasteiger partial charge in [0.05, 0.1) is 25.5 Å². The second kappa shape index (κ2) is 6.59. The van der Waals surface area contributed by atoms with E-state index in [0.29, 0.717) is 23.5 Å². The predicted molar refractivity (Wildman–Crippen MR) is 97.4 cm³/mol. The van der Waals surface area contributed by atoms with Crippen LogP contribution in [-0.4, -0.2) is 36.4 Å². The van der Waals surface area contributed by atoms with Crippen molar-refractivity contribution in [2.45, 2.75) is 25.8 Å². The van der Waals surface area contributed by atoms with Gasteiger partial charge in [-0.05, 0) is 44.2 Å². The van der Waals surface area contributed by atoms with Crippen molar-refractivity contribution >= 4 is 11.6 Å². The maximum atomic E-state index is 12.8. The lowest BCUT2D eigenvalue weighted by molar-refractivity contribution is 0.0612. The molecule has 0 fully saturated rings. The van der Waals surface area contributed by atoms with E-state index in [1.807, 2.05) is 62.4 Å². The molecule has 3 rings (SSSR count). The number of hydrogen-bond acceptors (Lipinski definition) is 4. The van der Waals surface area contributed by atoms with E-state index in [1.165, 1.54) is 0 Å². The van der Waals surface area contributed by atoms with E-state index in [9.17, 15) is 4.79 Å². The van der Waals surface area contributed by atoms with Gasteiger partial charge in [-0.25, -0.2) is 5.01 Å². The third-order valence-electron chi connectivity index (χ3n) is 4.32. The highest BCUT2D eigenvalue weighted by Gasteiger charge is 2.39. The third-order valence-corrected chi connectivity index (χ3v) is 4.32. The van der Waals surface area contributed by atoms with Crippen LogP contribution in [0.2, 0.25) is 0 Å². The van der Waals surface area contributed by atoms with E-state index >= 15 is 0 Å². The molecule has 5 heteroatoms. The number of carbonyl (C=O) groups is 1. The van der Waals surface area contributed by atoms with Crippen molar-refractivity contribution in [2.24, 2.45) is 5.10 Å². The molecule has 2 aromatic rings. The molecule has 1 aliphatic rings. The molecule has 0 atom stereocenters. The number of amides is 1. The monoisotopic (exact) mass is 338 g/mol. The highest BCUT2D eigenvalue weighted by Crippen LogP contribution is 2.34. The summed E-state index contributed by atoms with van der Waals surface area (Å²) in [5.41, 5.74) is 2.02. The van der Waals surface area contributed by atoms with Crippen molar-refractivity contribution < 1.29 is 14.3 Å². The molecule has 0 radical (unpaired) electrons. The van der Waals surface area contributed by atoms with E-state index in [-0.39, 0.29) is 5.91 Å². The molecule has 0 saturated heterocycles. The van der Waals surface area contributed by atoms with Crippen LogP contribution in [0.1, 0.15) is 36.2 Å². The number of nitrogens with zero attached hydrogens (tertiary/aromatic N) is 2. The van der Waals surface area contributed by atoms with Gasteiger partial charge in [0.15, 0.2) is 11.5 Å². The first-order valence-electron chi connectivity index (χ1n) is 8.16. The quantitative estimate of drug-likeness (QED) is 0.853. The van der Waals surface area contributed by atoms with Crippen LogP contribution in [0, 0.1) is 0 Å². The number of methoxy groups -OCH3 is 2. The molecule has 0 aromatic heterocycles. The number of ether oxygens (including phenoxy) is 2. The molecule has 0 saturated carbocycles. The largest absolute Gasteiger partial charge is 0.493 e. The molecule has 1 amide bonds. The second-order valence-corrected chi connectivity index (χ2v) is 6.59. The molecule has 5 nitrogen and oxygen atoms in total. The maximum Gasteiger partial charge on any atom is 0.274 e. The van der Waals surface area contributed by atoms with E-state index < -0.39 is 5.54 Å². The number of hydrogen-bond donors (Lipinski definition) is 0. The normalized spacial score (nSPS) is 15.7. The first kappa shape index (κ1) is 17.0. The molecule has 130 valence electrons.